The number of nitrogens with one attached hydrogen (secondary N) is 2. The molecule has 3 aromatic rings. The number of hydrogen-bond donors (Lipinski definition) is 2. The average molecular weight is 456 g/mol. The molecule has 3 rings (SSSR count). The first-order chi connectivity index (χ1) is 14.4. The largest absolute Gasteiger partial charge is 0.491 e. The van der Waals surface area contributed by atoms with Crippen LogP contribution in [0.2, 0.25) is 0 Å². The molecule has 0 aliphatic rings. The molecule has 2 aromatic carbocycles. The SMILES string of the molecule is C=S(C)(=O)Nc1cc(C)c2c(Nc3ccc(F)cc3OCCC(F)(F)F)ncnc2c1. The van der Waals surface area contributed by atoms with E-state index in [2.05, 4.69) is 25.9 Å². The van der Waals surface area contributed by atoms with Crippen molar-refractivity contribution in [2.24, 2.45) is 0 Å². The maximum absolute atomic E-state index is 13.7. The van der Waals surface area contributed by atoms with Crippen molar-refractivity contribution in [2.45, 2.75) is 19.5 Å². The van der Waals surface area contributed by atoms with Crippen molar-refractivity contribution in [3.05, 3.63) is 48.0 Å². The zero-order valence-corrected chi connectivity index (χ0v) is 17.5. The Morgan fingerprint density at radius 3 is 2.61 bits per heavy atom. The van der Waals surface area contributed by atoms with Crippen molar-refractivity contribution < 1.29 is 26.5 Å². The number of hydrogen-bond acceptors (Lipinski definition) is 5. The van der Waals surface area contributed by atoms with Crippen LogP contribution in [-0.2, 0) is 9.71 Å². The summed E-state index contributed by atoms with van der Waals surface area (Å²) in [5.74, 6) is 3.19. The summed E-state index contributed by atoms with van der Waals surface area (Å²) in [7, 11) is -2.49. The molecule has 0 bridgehead atoms. The van der Waals surface area contributed by atoms with Crippen LogP contribution in [0.15, 0.2) is 36.7 Å². The molecular weight excluding hydrogens is 436 g/mol. The second kappa shape index (κ2) is 8.58. The number of alkyl halides is 3. The minimum atomic E-state index is -4.39. The number of anilines is 3. The minimum Gasteiger partial charge on any atom is -0.491 e. The summed E-state index contributed by atoms with van der Waals surface area (Å²) in [4.78, 5) is 8.44. The van der Waals surface area contributed by atoms with Crippen LogP contribution in [0, 0.1) is 12.7 Å². The van der Waals surface area contributed by atoms with E-state index < -0.39 is 34.7 Å². The van der Waals surface area contributed by atoms with Gasteiger partial charge in [-0.1, -0.05) is 0 Å². The third kappa shape index (κ3) is 6.20. The smallest absolute Gasteiger partial charge is 0.392 e. The fourth-order valence-electron chi connectivity index (χ4n) is 2.92. The maximum atomic E-state index is 13.7. The van der Waals surface area contributed by atoms with Crippen LogP contribution in [0.1, 0.15) is 12.0 Å². The molecule has 0 aliphatic carbocycles. The molecule has 0 radical (unpaired) electrons. The van der Waals surface area contributed by atoms with Crippen molar-refractivity contribution in [2.75, 3.05) is 22.9 Å². The van der Waals surface area contributed by atoms with E-state index in [1.54, 1.807) is 19.1 Å². The van der Waals surface area contributed by atoms with Crippen molar-refractivity contribution in [1.82, 2.24) is 9.97 Å². The van der Waals surface area contributed by atoms with Gasteiger partial charge in [-0.05, 0) is 42.6 Å². The van der Waals surface area contributed by atoms with E-state index in [-0.39, 0.29) is 11.4 Å². The molecule has 0 amide bonds. The van der Waals surface area contributed by atoms with E-state index >= 15 is 0 Å². The quantitative estimate of drug-likeness (QED) is 0.394. The molecule has 31 heavy (non-hydrogen) atoms. The van der Waals surface area contributed by atoms with E-state index in [1.807, 2.05) is 0 Å². The van der Waals surface area contributed by atoms with E-state index in [0.29, 0.717) is 22.4 Å². The number of aromatic nitrogens is 2. The first kappa shape index (κ1) is 22.6. The molecule has 0 aliphatic heterocycles. The van der Waals surface area contributed by atoms with Gasteiger partial charge in [0.05, 0.1) is 24.2 Å². The van der Waals surface area contributed by atoms with Gasteiger partial charge < -0.3 is 14.8 Å². The zero-order chi connectivity index (χ0) is 22.8. The lowest BCUT2D eigenvalue weighted by atomic mass is 10.1. The van der Waals surface area contributed by atoms with Gasteiger partial charge in [0, 0.05) is 33.1 Å². The van der Waals surface area contributed by atoms with Crippen molar-refractivity contribution in [3.8, 4) is 5.75 Å². The van der Waals surface area contributed by atoms with Crippen molar-refractivity contribution in [1.29, 1.82) is 0 Å². The molecule has 1 atom stereocenters. The van der Waals surface area contributed by atoms with Crippen LogP contribution in [-0.4, -0.2) is 39.1 Å². The fraction of sp³-hybridized carbons (Fsp3) is 0.250. The van der Waals surface area contributed by atoms with Gasteiger partial charge in [0.2, 0.25) is 0 Å². The van der Waals surface area contributed by atoms with Gasteiger partial charge in [-0.3, -0.25) is 0 Å². The Balaban J connectivity index is 1.95. The number of aryl methyl sites for hydroxylation is 1. The van der Waals surface area contributed by atoms with Gasteiger partial charge >= 0.3 is 6.18 Å². The lowest BCUT2D eigenvalue weighted by Crippen LogP contribution is -2.13. The zero-order valence-electron chi connectivity index (χ0n) is 16.7. The molecule has 6 nitrogen and oxygen atoms in total. The Kier molecular flexibility index (Phi) is 6.25. The third-order valence-electron chi connectivity index (χ3n) is 4.11. The Labute approximate surface area is 176 Å². The number of fused-ring (bicyclic) bond motifs is 1. The van der Waals surface area contributed by atoms with Crippen LogP contribution in [0.5, 0.6) is 5.75 Å². The monoisotopic (exact) mass is 456 g/mol. The average Bonchev–Trinajstić information content (AvgIpc) is 2.61. The topological polar surface area (TPSA) is 76.1 Å². The Bertz CT molecular complexity index is 1210. The summed E-state index contributed by atoms with van der Waals surface area (Å²) in [5.41, 5.74) is 2.09. The van der Waals surface area contributed by atoms with Gasteiger partial charge in [0.15, 0.2) is 0 Å². The molecule has 0 spiro atoms. The molecular formula is C20H20F4N4O2S. The van der Waals surface area contributed by atoms with Crippen LogP contribution in [0.3, 0.4) is 0 Å². The highest BCUT2D eigenvalue weighted by atomic mass is 32.2. The van der Waals surface area contributed by atoms with E-state index in [0.717, 1.165) is 17.7 Å². The van der Waals surface area contributed by atoms with Crippen molar-refractivity contribution >= 4 is 43.7 Å². The molecule has 0 fully saturated rings. The number of ether oxygens (including phenoxy) is 1. The Morgan fingerprint density at radius 1 is 1.19 bits per heavy atom. The first-order valence-electron chi connectivity index (χ1n) is 9.03. The number of rotatable bonds is 7. The number of nitrogens with zero attached hydrogens (tertiary/aromatic N) is 2. The van der Waals surface area contributed by atoms with Crippen LogP contribution in [0.25, 0.3) is 10.9 Å². The molecule has 1 aromatic heterocycles. The van der Waals surface area contributed by atoms with E-state index in [1.165, 1.54) is 18.6 Å². The molecule has 11 heteroatoms. The van der Waals surface area contributed by atoms with Crippen LogP contribution in [0.4, 0.5) is 34.8 Å². The summed E-state index contributed by atoms with van der Waals surface area (Å²) in [6, 6.07) is 6.93. The summed E-state index contributed by atoms with van der Waals surface area (Å²) >= 11 is 0. The molecule has 1 unspecified atom stereocenters. The molecule has 0 saturated heterocycles. The highest BCUT2D eigenvalue weighted by molar-refractivity contribution is 8.00. The van der Waals surface area contributed by atoms with Gasteiger partial charge in [-0.2, -0.15) is 13.2 Å². The van der Waals surface area contributed by atoms with Gasteiger partial charge in [-0.15, -0.1) is 0 Å². The second-order valence-electron chi connectivity index (χ2n) is 7.00. The van der Waals surface area contributed by atoms with Crippen molar-refractivity contribution in [3.63, 3.8) is 0 Å². The Hall–Kier alpha value is -3.08. The number of benzene rings is 2. The minimum absolute atomic E-state index is 0.0743. The fourth-order valence-corrected chi connectivity index (χ4v) is 3.53. The normalized spacial score (nSPS) is 13.6. The summed E-state index contributed by atoms with van der Waals surface area (Å²) < 4.78 is 70.9. The highest BCUT2D eigenvalue weighted by Crippen LogP contribution is 2.33. The van der Waals surface area contributed by atoms with E-state index in [9.17, 15) is 21.8 Å². The third-order valence-corrected chi connectivity index (χ3v) is 4.78. The van der Waals surface area contributed by atoms with Crippen LogP contribution < -0.4 is 14.8 Å². The molecule has 0 saturated carbocycles. The Morgan fingerprint density at radius 2 is 1.94 bits per heavy atom. The predicted molar refractivity (Wildman–Crippen MR) is 115 cm³/mol. The van der Waals surface area contributed by atoms with Gasteiger partial charge in [0.25, 0.3) is 0 Å². The number of halogens is 4. The summed E-state index contributed by atoms with van der Waals surface area (Å²) in [6.07, 6.45) is -2.78. The van der Waals surface area contributed by atoms with Crippen LogP contribution >= 0.6 is 0 Å². The predicted octanol–water partition coefficient (Wildman–Crippen LogP) is 4.83. The highest BCUT2D eigenvalue weighted by Gasteiger charge is 2.27. The summed E-state index contributed by atoms with van der Waals surface area (Å²) in [5, 5.41) is 3.62. The lowest BCUT2D eigenvalue weighted by molar-refractivity contribution is -0.139. The standard InChI is InChI=1S/C20H20F4N4O2S/c1-12-8-14(28-31(2,3)29)10-16-18(12)19(26-11-25-16)27-15-5-4-13(21)9-17(15)30-7-6-20(22,23)24/h4-5,8-11H,2,6-7H2,1,3H3,(H,28,29)(H,25,26,27). The first-order valence-corrected chi connectivity index (χ1v) is 11.2. The maximum Gasteiger partial charge on any atom is 0.392 e. The van der Waals surface area contributed by atoms with E-state index in [4.69, 9.17) is 4.74 Å². The van der Waals surface area contributed by atoms with Gasteiger partial charge in [-0.25, -0.2) is 18.6 Å². The summed E-state index contributed by atoms with van der Waals surface area (Å²) in [6.45, 7) is 1.15. The molecule has 166 valence electrons. The van der Waals surface area contributed by atoms with Gasteiger partial charge in [0.1, 0.15) is 23.7 Å². The second-order valence-corrected chi connectivity index (χ2v) is 9.21. The lowest BCUT2D eigenvalue weighted by Gasteiger charge is -2.16. The molecule has 1 heterocycles. The molecule has 2 N–H and O–H groups in total.